The van der Waals surface area contributed by atoms with E-state index in [2.05, 4.69) is 32.6 Å². The van der Waals surface area contributed by atoms with Crippen molar-refractivity contribution in [3.8, 4) is 0 Å². The molecule has 17 heavy (non-hydrogen) atoms. The Hall–Kier alpha value is -0.0800. The molecule has 1 fully saturated rings. The topological polar surface area (TPSA) is 29.3 Å². The van der Waals surface area contributed by atoms with Crippen LogP contribution in [0.5, 0.6) is 0 Å². The van der Waals surface area contributed by atoms with E-state index in [-0.39, 0.29) is 5.54 Å². The molecule has 1 rings (SSSR count). The van der Waals surface area contributed by atoms with Gasteiger partial charge in [-0.1, -0.05) is 39.5 Å². The highest BCUT2D eigenvalue weighted by atomic mass is 15.2. The molecule has 1 aliphatic carbocycles. The van der Waals surface area contributed by atoms with Crippen LogP contribution in [0.15, 0.2) is 0 Å². The van der Waals surface area contributed by atoms with Crippen molar-refractivity contribution in [3.05, 3.63) is 0 Å². The van der Waals surface area contributed by atoms with E-state index < -0.39 is 0 Å². The summed E-state index contributed by atoms with van der Waals surface area (Å²) in [4.78, 5) is 2.70. The molecule has 0 amide bonds. The van der Waals surface area contributed by atoms with Crippen LogP contribution in [-0.4, -0.2) is 29.6 Å². The number of nitrogens with two attached hydrogens (primary N) is 1. The summed E-state index contributed by atoms with van der Waals surface area (Å²) >= 11 is 0. The maximum atomic E-state index is 6.18. The monoisotopic (exact) mass is 240 g/mol. The second-order valence-corrected chi connectivity index (χ2v) is 6.48. The highest BCUT2D eigenvalue weighted by Crippen LogP contribution is 2.33. The molecule has 2 N–H and O–H groups in total. The molecule has 0 unspecified atom stereocenters. The van der Waals surface area contributed by atoms with Crippen molar-refractivity contribution >= 4 is 0 Å². The molecular weight excluding hydrogens is 208 g/mol. The van der Waals surface area contributed by atoms with Gasteiger partial charge in [0.1, 0.15) is 0 Å². The molecule has 1 aliphatic rings. The van der Waals surface area contributed by atoms with Gasteiger partial charge in [0.2, 0.25) is 0 Å². The van der Waals surface area contributed by atoms with Gasteiger partial charge in [-0.2, -0.15) is 0 Å². The molecule has 1 saturated carbocycles. The Balaban J connectivity index is 2.84. The molecule has 102 valence electrons. The van der Waals surface area contributed by atoms with Gasteiger partial charge in [0.25, 0.3) is 0 Å². The molecule has 0 atom stereocenters. The fourth-order valence-corrected chi connectivity index (χ4v) is 3.34. The zero-order valence-electron chi connectivity index (χ0n) is 12.3. The van der Waals surface area contributed by atoms with Crippen molar-refractivity contribution in [3.63, 3.8) is 0 Å². The molecule has 0 bridgehead atoms. The first kappa shape index (κ1) is 15.0. The normalized spacial score (nSPS) is 21.2. The Morgan fingerprint density at radius 2 is 1.53 bits per heavy atom. The van der Waals surface area contributed by atoms with Crippen LogP contribution < -0.4 is 5.73 Å². The van der Waals surface area contributed by atoms with Crippen LogP contribution in [0, 0.1) is 5.92 Å². The SMILES string of the molecule is CC(C)CN(C(C)C)C1(CN)CCCCCC1. The summed E-state index contributed by atoms with van der Waals surface area (Å²) in [7, 11) is 0. The molecule has 0 aliphatic heterocycles. The summed E-state index contributed by atoms with van der Waals surface area (Å²) in [5.74, 6) is 0.726. The maximum Gasteiger partial charge on any atom is 0.0334 e. The van der Waals surface area contributed by atoms with Crippen molar-refractivity contribution in [2.75, 3.05) is 13.1 Å². The standard InChI is InChI=1S/C15H32N2/c1-13(2)11-17(14(3)4)15(12-16)9-7-5-6-8-10-15/h13-14H,5-12,16H2,1-4H3. The van der Waals surface area contributed by atoms with E-state index in [9.17, 15) is 0 Å². The Kier molecular flexibility index (Phi) is 5.94. The van der Waals surface area contributed by atoms with E-state index in [0.29, 0.717) is 6.04 Å². The van der Waals surface area contributed by atoms with E-state index >= 15 is 0 Å². The third-order valence-corrected chi connectivity index (χ3v) is 4.21. The minimum absolute atomic E-state index is 0.287. The summed E-state index contributed by atoms with van der Waals surface area (Å²) in [6, 6.07) is 0.610. The lowest BCUT2D eigenvalue weighted by Crippen LogP contribution is -2.57. The lowest BCUT2D eigenvalue weighted by Gasteiger charge is -2.46. The lowest BCUT2D eigenvalue weighted by molar-refractivity contribution is 0.0368. The summed E-state index contributed by atoms with van der Waals surface area (Å²) in [6.07, 6.45) is 8.12. The molecule has 0 aromatic carbocycles. The van der Waals surface area contributed by atoms with Crippen molar-refractivity contribution < 1.29 is 0 Å². The van der Waals surface area contributed by atoms with E-state index in [0.717, 1.165) is 12.5 Å². The van der Waals surface area contributed by atoms with Gasteiger partial charge in [-0.25, -0.2) is 0 Å². The van der Waals surface area contributed by atoms with E-state index in [4.69, 9.17) is 5.73 Å². The van der Waals surface area contributed by atoms with Gasteiger partial charge in [0, 0.05) is 24.7 Å². The molecule has 0 radical (unpaired) electrons. The summed E-state index contributed by atoms with van der Waals surface area (Å²) < 4.78 is 0. The average molecular weight is 240 g/mol. The third kappa shape index (κ3) is 3.96. The van der Waals surface area contributed by atoms with Crippen molar-refractivity contribution in [1.82, 2.24) is 4.90 Å². The smallest absolute Gasteiger partial charge is 0.0334 e. The van der Waals surface area contributed by atoms with Crippen LogP contribution in [0.4, 0.5) is 0 Å². The Labute approximate surface area is 108 Å². The zero-order chi connectivity index (χ0) is 12.9. The first-order valence-electron chi connectivity index (χ1n) is 7.48. The predicted molar refractivity (Wildman–Crippen MR) is 76.2 cm³/mol. The van der Waals surface area contributed by atoms with Crippen molar-refractivity contribution in [2.45, 2.75) is 77.8 Å². The van der Waals surface area contributed by atoms with Crippen LogP contribution in [0.25, 0.3) is 0 Å². The quantitative estimate of drug-likeness (QED) is 0.746. The van der Waals surface area contributed by atoms with Gasteiger partial charge in [-0.15, -0.1) is 0 Å². The minimum Gasteiger partial charge on any atom is -0.329 e. The number of nitrogens with zero attached hydrogens (tertiary/aromatic N) is 1. The van der Waals surface area contributed by atoms with E-state index in [1.807, 2.05) is 0 Å². The molecule has 2 heteroatoms. The van der Waals surface area contributed by atoms with E-state index in [1.165, 1.54) is 45.1 Å². The molecule has 0 saturated heterocycles. The van der Waals surface area contributed by atoms with Gasteiger partial charge in [-0.05, 0) is 32.6 Å². The van der Waals surface area contributed by atoms with Crippen molar-refractivity contribution in [2.24, 2.45) is 11.7 Å². The molecule has 0 spiro atoms. The first-order valence-corrected chi connectivity index (χ1v) is 7.48. The van der Waals surface area contributed by atoms with Crippen LogP contribution in [0.2, 0.25) is 0 Å². The summed E-state index contributed by atoms with van der Waals surface area (Å²) in [5, 5.41) is 0. The fourth-order valence-electron chi connectivity index (χ4n) is 3.34. The zero-order valence-corrected chi connectivity index (χ0v) is 12.3. The van der Waals surface area contributed by atoms with Crippen LogP contribution in [0.3, 0.4) is 0 Å². The second kappa shape index (κ2) is 6.75. The predicted octanol–water partition coefficient (Wildman–Crippen LogP) is 3.40. The Morgan fingerprint density at radius 1 is 1.00 bits per heavy atom. The maximum absolute atomic E-state index is 6.18. The number of rotatable bonds is 5. The van der Waals surface area contributed by atoms with Gasteiger partial charge >= 0.3 is 0 Å². The molecule has 0 aromatic rings. The fraction of sp³-hybridized carbons (Fsp3) is 1.00. The van der Waals surface area contributed by atoms with Crippen LogP contribution in [0.1, 0.15) is 66.2 Å². The highest BCUT2D eigenvalue weighted by Gasteiger charge is 2.37. The summed E-state index contributed by atoms with van der Waals surface area (Å²) in [5.41, 5.74) is 6.47. The number of hydrogen-bond acceptors (Lipinski definition) is 2. The van der Waals surface area contributed by atoms with Crippen LogP contribution >= 0.6 is 0 Å². The second-order valence-electron chi connectivity index (χ2n) is 6.48. The largest absolute Gasteiger partial charge is 0.329 e. The van der Waals surface area contributed by atoms with Gasteiger partial charge in [0.05, 0.1) is 0 Å². The Morgan fingerprint density at radius 3 is 1.88 bits per heavy atom. The molecule has 0 heterocycles. The molecular formula is C15H32N2. The first-order chi connectivity index (χ1) is 8.02. The summed E-state index contributed by atoms with van der Waals surface area (Å²) in [6.45, 7) is 11.3. The van der Waals surface area contributed by atoms with Crippen molar-refractivity contribution in [1.29, 1.82) is 0 Å². The van der Waals surface area contributed by atoms with E-state index in [1.54, 1.807) is 0 Å². The molecule has 0 aromatic heterocycles. The lowest BCUT2D eigenvalue weighted by atomic mass is 9.86. The average Bonchev–Trinajstić information content (AvgIpc) is 2.51. The van der Waals surface area contributed by atoms with Gasteiger partial charge < -0.3 is 5.73 Å². The third-order valence-electron chi connectivity index (χ3n) is 4.21. The Bertz CT molecular complexity index is 203. The van der Waals surface area contributed by atoms with Gasteiger partial charge in [-0.3, -0.25) is 4.90 Å². The van der Waals surface area contributed by atoms with Gasteiger partial charge in [0.15, 0.2) is 0 Å². The number of hydrogen-bond donors (Lipinski definition) is 1. The van der Waals surface area contributed by atoms with Crippen LogP contribution in [-0.2, 0) is 0 Å². The minimum atomic E-state index is 0.287. The molecule has 2 nitrogen and oxygen atoms in total. The highest BCUT2D eigenvalue weighted by molar-refractivity contribution is 4.94.